The quantitative estimate of drug-likeness (QED) is 0.250. The first-order valence-corrected chi connectivity index (χ1v) is 5.13. The van der Waals surface area contributed by atoms with Crippen molar-refractivity contribution in [3.8, 4) is 0 Å². The van der Waals surface area contributed by atoms with Gasteiger partial charge in [-0.1, -0.05) is 19.0 Å². The van der Waals surface area contributed by atoms with Crippen LogP contribution < -0.4 is 0 Å². The summed E-state index contributed by atoms with van der Waals surface area (Å²) in [6, 6.07) is -0.712. The van der Waals surface area contributed by atoms with Crippen molar-refractivity contribution in [2.75, 3.05) is 0 Å². The van der Waals surface area contributed by atoms with Gasteiger partial charge in [-0.25, -0.2) is 0 Å². The van der Waals surface area contributed by atoms with Crippen LogP contribution in [0.15, 0.2) is 5.11 Å². The van der Waals surface area contributed by atoms with Crippen molar-refractivity contribution in [1.82, 2.24) is 0 Å². The smallest absolute Gasteiger partial charge is 0.106 e. The first kappa shape index (κ1) is 24.1. The third-order valence-electron chi connectivity index (χ3n) is 2.28. The van der Waals surface area contributed by atoms with E-state index in [0.29, 0.717) is 0 Å². The first-order valence-electron chi connectivity index (χ1n) is 5.13. The molecule has 2 N–H and O–H groups in total. The van der Waals surface area contributed by atoms with Crippen LogP contribution in [0.25, 0.3) is 10.4 Å². The predicted octanol–water partition coefficient (Wildman–Crippen LogP) is 1.22. The summed E-state index contributed by atoms with van der Waals surface area (Å²) >= 11 is 0. The van der Waals surface area contributed by atoms with Crippen LogP contribution in [0.3, 0.4) is 0 Å². The van der Waals surface area contributed by atoms with Crippen LogP contribution in [-0.4, -0.2) is 40.7 Å². The minimum atomic E-state index is -1.05. The summed E-state index contributed by atoms with van der Waals surface area (Å²) in [5.74, 6) is 0. The zero-order chi connectivity index (χ0) is 12.0. The predicted molar refractivity (Wildman–Crippen MR) is 56.3 cm³/mol. The van der Waals surface area contributed by atoms with Crippen LogP contribution in [0.1, 0.15) is 27.7 Å². The molecule has 2 radical (unpaired) electrons. The van der Waals surface area contributed by atoms with Gasteiger partial charge in [-0.15, -0.1) is 0 Å². The van der Waals surface area contributed by atoms with Crippen LogP contribution in [0.2, 0.25) is 0 Å². The van der Waals surface area contributed by atoms with Gasteiger partial charge in [-0.3, -0.25) is 0 Å². The Kier molecular flexibility index (Phi) is 18.5. The minimum Gasteiger partial charge on any atom is -0.390 e. The summed E-state index contributed by atoms with van der Waals surface area (Å²) in [6.45, 7) is 7.36. The minimum absolute atomic E-state index is 0. The number of azide groups is 1. The Bertz CT molecular complexity index is 240. The molecular formula is C9H19Ac2N3O3. The Hall–Kier alpha value is 2.07. The molecule has 0 spiro atoms. The molecule has 0 saturated carbocycles. The van der Waals surface area contributed by atoms with E-state index in [1.807, 2.05) is 13.8 Å². The maximum atomic E-state index is 9.51. The molecule has 0 aromatic carbocycles. The van der Waals surface area contributed by atoms with Crippen LogP contribution >= 0.6 is 0 Å². The number of aliphatic hydroxyl groups is 2. The van der Waals surface area contributed by atoms with E-state index in [4.69, 9.17) is 10.3 Å². The second kappa shape index (κ2) is 13.1. The number of ether oxygens (including phenoxy) is 1. The standard InChI is InChI=1S/C7H13N3O3.C2H6.2Ac/c1-3-5(9-10-8)7(12)6(11)4(2)13-3;1-2;;/h3-7,11-12H,1-2H3;1-2H3;;/t3-,4?,5?,6?,7?;;;/m0.../s1. The molecule has 0 aliphatic carbocycles. The van der Waals surface area contributed by atoms with E-state index in [-0.39, 0.29) is 94.2 Å². The Morgan fingerprint density at radius 3 is 1.94 bits per heavy atom. The summed E-state index contributed by atoms with van der Waals surface area (Å²) in [5, 5.41) is 22.3. The molecule has 1 fully saturated rings. The molecule has 1 heterocycles. The maximum Gasteiger partial charge on any atom is 0.106 e. The number of hydrogen-bond donors (Lipinski definition) is 2. The van der Waals surface area contributed by atoms with Crippen molar-refractivity contribution >= 4 is 0 Å². The molecule has 0 amide bonds. The Morgan fingerprint density at radius 2 is 1.53 bits per heavy atom. The van der Waals surface area contributed by atoms with Crippen LogP contribution in [-0.2, 0) is 4.74 Å². The number of rotatable bonds is 1. The van der Waals surface area contributed by atoms with Gasteiger partial charge in [0.05, 0.1) is 24.4 Å². The topological polar surface area (TPSA) is 98.5 Å². The van der Waals surface area contributed by atoms with Gasteiger partial charge in [-0.2, -0.15) is 0 Å². The number of nitrogens with zero attached hydrogens (tertiary/aromatic N) is 3. The summed E-state index contributed by atoms with van der Waals surface area (Å²) in [7, 11) is 0. The molecule has 4 unspecified atom stereocenters. The van der Waals surface area contributed by atoms with Gasteiger partial charge in [0.2, 0.25) is 0 Å². The van der Waals surface area contributed by atoms with E-state index >= 15 is 0 Å². The Labute approximate surface area is 174 Å². The van der Waals surface area contributed by atoms with E-state index in [9.17, 15) is 10.2 Å². The van der Waals surface area contributed by atoms with Gasteiger partial charge in [0.1, 0.15) is 6.10 Å². The molecule has 1 aliphatic rings. The van der Waals surface area contributed by atoms with Crippen molar-refractivity contribution in [3.63, 3.8) is 0 Å². The fourth-order valence-corrected chi connectivity index (χ4v) is 1.48. The van der Waals surface area contributed by atoms with Crippen molar-refractivity contribution in [1.29, 1.82) is 0 Å². The molecule has 1 rings (SSSR count). The SMILES string of the molecule is CC.CC1O[C@@H](C)C(N=[N+]=[N-])C(O)C1O.[Ac].[Ac]. The molecule has 94 valence electrons. The molecule has 0 aromatic heterocycles. The second-order valence-corrected chi connectivity index (χ2v) is 3.22. The third-order valence-corrected chi connectivity index (χ3v) is 2.28. The summed E-state index contributed by atoms with van der Waals surface area (Å²) in [6.07, 6.45) is -2.85. The van der Waals surface area contributed by atoms with Crippen molar-refractivity contribution in [2.45, 2.75) is 58.2 Å². The van der Waals surface area contributed by atoms with Gasteiger partial charge in [0.25, 0.3) is 0 Å². The van der Waals surface area contributed by atoms with Gasteiger partial charge in [0.15, 0.2) is 0 Å². The summed E-state index contributed by atoms with van der Waals surface area (Å²) < 4.78 is 5.26. The van der Waals surface area contributed by atoms with Crippen molar-refractivity contribution in [2.24, 2.45) is 5.11 Å². The molecular weight excluding hydrogens is 652 g/mol. The average Bonchev–Trinajstić information content (AvgIpc) is 2.24. The van der Waals surface area contributed by atoms with E-state index in [1.54, 1.807) is 13.8 Å². The third kappa shape index (κ3) is 7.43. The Balaban J connectivity index is -0.000000464. The molecule has 17 heavy (non-hydrogen) atoms. The fourth-order valence-electron chi connectivity index (χ4n) is 1.48. The molecule has 1 aliphatic heterocycles. The number of aliphatic hydroxyl groups excluding tert-OH is 2. The van der Waals surface area contributed by atoms with Crippen molar-refractivity contribution in [3.05, 3.63) is 10.4 Å². The summed E-state index contributed by atoms with van der Waals surface area (Å²) in [5.41, 5.74) is 8.22. The zero-order valence-electron chi connectivity index (χ0n) is 10.7. The largest absolute Gasteiger partial charge is 0.390 e. The second-order valence-electron chi connectivity index (χ2n) is 3.22. The van der Waals surface area contributed by atoms with Gasteiger partial charge < -0.3 is 14.9 Å². The van der Waals surface area contributed by atoms with Crippen molar-refractivity contribution < 1.29 is 103 Å². The molecule has 1 saturated heterocycles. The normalized spacial score (nSPS) is 35.1. The molecule has 0 bridgehead atoms. The van der Waals surface area contributed by atoms with Gasteiger partial charge in [-0.05, 0) is 19.4 Å². The Morgan fingerprint density at radius 1 is 1.06 bits per heavy atom. The maximum absolute atomic E-state index is 9.51. The first-order chi connectivity index (χ1) is 7.07. The van der Waals surface area contributed by atoms with Crippen LogP contribution in [0.4, 0.5) is 0 Å². The molecule has 0 aromatic rings. The molecule has 5 atom stereocenters. The molecule has 6 nitrogen and oxygen atoms in total. The van der Waals surface area contributed by atoms with E-state index < -0.39 is 24.4 Å². The van der Waals surface area contributed by atoms with Crippen LogP contribution in [0, 0.1) is 88.1 Å². The molecule has 8 heteroatoms. The van der Waals surface area contributed by atoms with E-state index in [1.165, 1.54) is 0 Å². The van der Waals surface area contributed by atoms with Crippen LogP contribution in [0.5, 0.6) is 0 Å². The number of hydrogen-bond acceptors (Lipinski definition) is 4. The van der Waals surface area contributed by atoms with E-state index in [2.05, 4.69) is 10.0 Å². The fraction of sp³-hybridized carbons (Fsp3) is 1.00. The van der Waals surface area contributed by atoms with Gasteiger partial charge in [0, 0.05) is 93.0 Å². The van der Waals surface area contributed by atoms with Gasteiger partial charge >= 0.3 is 0 Å². The monoisotopic (exact) mass is 671 g/mol. The van der Waals surface area contributed by atoms with E-state index in [0.717, 1.165) is 0 Å². The average molecular weight is 671 g/mol. The summed E-state index contributed by atoms with van der Waals surface area (Å²) in [4.78, 5) is 2.59. The zero-order valence-corrected chi connectivity index (χ0v) is 20.2.